The monoisotopic (exact) mass is 288 g/mol. The van der Waals surface area contributed by atoms with E-state index in [0.29, 0.717) is 18.3 Å². The van der Waals surface area contributed by atoms with Crippen LogP contribution in [0.25, 0.3) is 0 Å². The van der Waals surface area contributed by atoms with Gasteiger partial charge in [0.25, 0.3) is 0 Å². The van der Waals surface area contributed by atoms with E-state index in [-0.39, 0.29) is 11.3 Å². The van der Waals surface area contributed by atoms with Gasteiger partial charge < -0.3 is 5.73 Å². The zero-order valence-corrected chi connectivity index (χ0v) is 12.9. The highest BCUT2D eigenvalue weighted by Gasteiger charge is 2.45. The quantitative estimate of drug-likeness (QED) is 0.852. The summed E-state index contributed by atoms with van der Waals surface area (Å²) < 4.78 is 24.1. The lowest BCUT2D eigenvalue weighted by Gasteiger charge is -2.51. The molecule has 0 aromatic heterocycles. The van der Waals surface area contributed by atoms with Gasteiger partial charge in [0.1, 0.15) is 0 Å². The fourth-order valence-corrected chi connectivity index (χ4v) is 5.91. The number of hydrogen-bond acceptors (Lipinski definition) is 4. The standard InChI is InChI=1S/C14H28N2O2S/c1-2-6-13-7-3-4-9-16(13)14(11-15)8-5-10-19(17,18)12-14/h13H,2-12,15H2,1H3. The summed E-state index contributed by atoms with van der Waals surface area (Å²) in [5, 5.41) is 0. The highest BCUT2D eigenvalue weighted by molar-refractivity contribution is 7.91. The van der Waals surface area contributed by atoms with Crippen LogP contribution in [0.1, 0.15) is 51.9 Å². The van der Waals surface area contributed by atoms with Crippen LogP contribution in [0.5, 0.6) is 0 Å². The van der Waals surface area contributed by atoms with E-state index < -0.39 is 9.84 Å². The van der Waals surface area contributed by atoms with Crippen LogP contribution in [0.4, 0.5) is 0 Å². The minimum absolute atomic E-state index is 0.275. The van der Waals surface area contributed by atoms with Crippen LogP contribution < -0.4 is 5.73 Å². The molecular formula is C14H28N2O2S. The van der Waals surface area contributed by atoms with Gasteiger partial charge in [-0.05, 0) is 38.6 Å². The summed E-state index contributed by atoms with van der Waals surface area (Å²) in [6.07, 6.45) is 7.71. The van der Waals surface area contributed by atoms with E-state index >= 15 is 0 Å². The van der Waals surface area contributed by atoms with Gasteiger partial charge in [-0.15, -0.1) is 0 Å². The van der Waals surface area contributed by atoms with E-state index in [1.807, 2.05) is 0 Å². The first-order chi connectivity index (χ1) is 9.03. The minimum Gasteiger partial charge on any atom is -0.329 e. The third kappa shape index (κ3) is 3.31. The molecule has 0 spiro atoms. The van der Waals surface area contributed by atoms with E-state index in [9.17, 15) is 8.42 Å². The van der Waals surface area contributed by atoms with Gasteiger partial charge in [0.15, 0.2) is 9.84 Å². The SMILES string of the molecule is CCCC1CCCCN1C1(CN)CCCS(=O)(=O)C1. The van der Waals surface area contributed by atoms with E-state index in [0.717, 1.165) is 25.8 Å². The first kappa shape index (κ1) is 15.3. The fourth-order valence-electron chi connectivity index (χ4n) is 3.94. The third-order valence-electron chi connectivity index (χ3n) is 4.82. The molecule has 4 nitrogen and oxygen atoms in total. The van der Waals surface area contributed by atoms with Gasteiger partial charge in [-0.2, -0.15) is 0 Å². The van der Waals surface area contributed by atoms with Crippen LogP contribution in [-0.2, 0) is 9.84 Å². The van der Waals surface area contributed by atoms with Crippen molar-refractivity contribution >= 4 is 9.84 Å². The van der Waals surface area contributed by atoms with E-state index in [2.05, 4.69) is 11.8 Å². The van der Waals surface area contributed by atoms with Crippen molar-refractivity contribution in [2.24, 2.45) is 5.73 Å². The Balaban J connectivity index is 2.22. The van der Waals surface area contributed by atoms with Crippen LogP contribution in [-0.4, -0.2) is 49.5 Å². The highest BCUT2D eigenvalue weighted by atomic mass is 32.2. The summed E-state index contributed by atoms with van der Waals surface area (Å²) in [4.78, 5) is 2.47. The topological polar surface area (TPSA) is 63.4 Å². The Bertz CT molecular complexity index is 394. The van der Waals surface area contributed by atoms with Crippen LogP contribution in [0.15, 0.2) is 0 Å². The van der Waals surface area contributed by atoms with Crippen molar-refractivity contribution in [2.75, 3.05) is 24.6 Å². The summed E-state index contributed by atoms with van der Waals surface area (Å²) in [5.41, 5.74) is 5.76. The second kappa shape index (κ2) is 6.10. The van der Waals surface area contributed by atoms with Crippen molar-refractivity contribution in [1.82, 2.24) is 4.90 Å². The van der Waals surface area contributed by atoms with E-state index in [4.69, 9.17) is 5.73 Å². The molecule has 2 fully saturated rings. The Morgan fingerprint density at radius 1 is 1.32 bits per heavy atom. The molecule has 0 radical (unpaired) electrons. The van der Waals surface area contributed by atoms with E-state index in [1.54, 1.807) is 0 Å². The smallest absolute Gasteiger partial charge is 0.152 e. The molecule has 112 valence electrons. The molecule has 0 amide bonds. The van der Waals surface area contributed by atoms with Gasteiger partial charge in [0.05, 0.1) is 11.5 Å². The second-order valence-electron chi connectivity index (χ2n) is 6.26. The van der Waals surface area contributed by atoms with E-state index in [1.165, 1.54) is 25.7 Å². The first-order valence-electron chi connectivity index (χ1n) is 7.70. The maximum atomic E-state index is 12.1. The second-order valence-corrected chi connectivity index (χ2v) is 8.44. The average Bonchev–Trinajstić information content (AvgIpc) is 2.38. The van der Waals surface area contributed by atoms with Crippen LogP contribution >= 0.6 is 0 Å². The fraction of sp³-hybridized carbons (Fsp3) is 1.00. The van der Waals surface area contributed by atoms with Crippen molar-refractivity contribution in [3.05, 3.63) is 0 Å². The van der Waals surface area contributed by atoms with Crippen molar-refractivity contribution in [1.29, 1.82) is 0 Å². The van der Waals surface area contributed by atoms with Crippen molar-refractivity contribution in [3.8, 4) is 0 Å². The molecule has 2 unspecified atom stereocenters. The summed E-state index contributed by atoms with van der Waals surface area (Å²) in [7, 11) is -2.91. The molecule has 2 rings (SSSR count). The molecule has 0 aliphatic carbocycles. The molecule has 0 saturated carbocycles. The molecule has 2 aliphatic heterocycles. The van der Waals surface area contributed by atoms with Crippen LogP contribution in [0.2, 0.25) is 0 Å². The summed E-state index contributed by atoms with van der Waals surface area (Å²) in [6, 6.07) is 0.538. The molecule has 2 saturated heterocycles. The molecule has 0 aromatic rings. The van der Waals surface area contributed by atoms with Gasteiger partial charge in [-0.3, -0.25) is 4.90 Å². The molecular weight excluding hydrogens is 260 g/mol. The average molecular weight is 288 g/mol. The van der Waals surface area contributed by atoms with Crippen molar-refractivity contribution < 1.29 is 8.42 Å². The van der Waals surface area contributed by atoms with Gasteiger partial charge in [-0.25, -0.2) is 8.42 Å². The predicted octanol–water partition coefficient (Wildman–Crippen LogP) is 1.55. The third-order valence-corrected chi connectivity index (χ3v) is 6.71. The number of nitrogens with zero attached hydrogens (tertiary/aromatic N) is 1. The lowest BCUT2D eigenvalue weighted by Crippen LogP contribution is -2.64. The van der Waals surface area contributed by atoms with Crippen molar-refractivity contribution in [2.45, 2.75) is 63.5 Å². The van der Waals surface area contributed by atoms with Crippen LogP contribution in [0, 0.1) is 0 Å². The zero-order chi connectivity index (χ0) is 13.9. The number of piperidine rings is 1. The number of rotatable bonds is 4. The molecule has 2 heterocycles. The normalized spacial score (nSPS) is 36.2. The molecule has 2 atom stereocenters. The van der Waals surface area contributed by atoms with Crippen LogP contribution in [0.3, 0.4) is 0 Å². The highest BCUT2D eigenvalue weighted by Crippen LogP contribution is 2.35. The summed E-state index contributed by atoms with van der Waals surface area (Å²) >= 11 is 0. The van der Waals surface area contributed by atoms with Gasteiger partial charge >= 0.3 is 0 Å². The molecule has 0 bridgehead atoms. The number of sulfone groups is 1. The van der Waals surface area contributed by atoms with Crippen molar-refractivity contribution in [3.63, 3.8) is 0 Å². The predicted molar refractivity (Wildman–Crippen MR) is 78.9 cm³/mol. The lowest BCUT2D eigenvalue weighted by atomic mass is 9.86. The summed E-state index contributed by atoms with van der Waals surface area (Å²) in [6.45, 7) is 3.71. The Morgan fingerprint density at radius 2 is 2.11 bits per heavy atom. The molecule has 5 heteroatoms. The maximum Gasteiger partial charge on any atom is 0.152 e. The molecule has 0 aromatic carbocycles. The largest absolute Gasteiger partial charge is 0.329 e. The van der Waals surface area contributed by atoms with Gasteiger partial charge in [0.2, 0.25) is 0 Å². The molecule has 2 aliphatic rings. The number of likely N-dealkylation sites (tertiary alicyclic amines) is 1. The Labute approximate surface area is 117 Å². The Morgan fingerprint density at radius 3 is 2.74 bits per heavy atom. The molecule has 19 heavy (non-hydrogen) atoms. The maximum absolute atomic E-state index is 12.1. The number of nitrogens with two attached hydrogens (primary N) is 1. The molecule has 2 N–H and O–H groups in total. The Hall–Kier alpha value is -0.130. The number of hydrogen-bond donors (Lipinski definition) is 1. The summed E-state index contributed by atoms with van der Waals surface area (Å²) in [5.74, 6) is 0.623. The minimum atomic E-state index is -2.91. The van der Waals surface area contributed by atoms with Gasteiger partial charge in [-0.1, -0.05) is 19.8 Å². The Kier molecular flexibility index (Phi) is 4.90. The van der Waals surface area contributed by atoms with Gasteiger partial charge in [0, 0.05) is 18.1 Å². The first-order valence-corrected chi connectivity index (χ1v) is 9.52. The lowest BCUT2D eigenvalue weighted by molar-refractivity contribution is 0.0231. The zero-order valence-electron chi connectivity index (χ0n) is 12.1.